The topological polar surface area (TPSA) is 50.9 Å². The molecule has 1 unspecified atom stereocenters. The molecule has 0 aliphatic heterocycles. The molecule has 5 heteroatoms. The first kappa shape index (κ1) is 15.2. The van der Waals surface area contributed by atoms with Gasteiger partial charge < -0.3 is 5.11 Å². The molecule has 1 heterocycles. The van der Waals surface area contributed by atoms with Gasteiger partial charge in [0.05, 0.1) is 5.60 Å². The lowest BCUT2D eigenvalue weighted by Gasteiger charge is -2.23. The lowest BCUT2D eigenvalue weighted by molar-refractivity contribution is 0.0573. The molecular weight excluding hydrogens is 318 g/mol. The maximum atomic E-state index is 10.6. The Labute approximate surface area is 128 Å². The Kier molecular flexibility index (Phi) is 4.60. The van der Waals surface area contributed by atoms with Crippen LogP contribution in [0.25, 0.3) is 0 Å². The van der Waals surface area contributed by atoms with E-state index in [-0.39, 0.29) is 6.04 Å². The molecule has 0 aliphatic carbocycles. The quantitative estimate of drug-likeness (QED) is 0.911. The van der Waals surface area contributed by atoms with Crippen LogP contribution < -0.4 is 0 Å². The minimum absolute atomic E-state index is 0.246. The highest BCUT2D eigenvalue weighted by atomic mass is 79.9. The molecular formula is C15H20BrN3O. The van der Waals surface area contributed by atoms with E-state index in [9.17, 15) is 5.11 Å². The fraction of sp³-hybridized carbons (Fsp3) is 0.467. The second kappa shape index (κ2) is 6.06. The Hall–Kier alpha value is -1.20. The molecule has 1 N–H and O–H groups in total. The summed E-state index contributed by atoms with van der Waals surface area (Å²) in [6.45, 7) is 5.96. The van der Waals surface area contributed by atoms with Gasteiger partial charge in [0, 0.05) is 23.4 Å². The van der Waals surface area contributed by atoms with Crippen molar-refractivity contribution in [2.75, 3.05) is 0 Å². The number of halogens is 1. The maximum Gasteiger partial charge on any atom is 0.138 e. The number of nitrogens with zero attached hydrogens (tertiary/aromatic N) is 3. The van der Waals surface area contributed by atoms with Crippen LogP contribution in [-0.2, 0) is 12.8 Å². The van der Waals surface area contributed by atoms with Gasteiger partial charge in [0.15, 0.2) is 0 Å². The van der Waals surface area contributed by atoms with E-state index in [2.05, 4.69) is 39.9 Å². The molecule has 0 radical (unpaired) electrons. The molecule has 1 atom stereocenters. The van der Waals surface area contributed by atoms with Crippen molar-refractivity contribution in [1.29, 1.82) is 0 Å². The Bertz CT molecular complexity index is 561. The minimum atomic E-state index is -0.840. The summed E-state index contributed by atoms with van der Waals surface area (Å²) in [5.74, 6) is 0.821. The van der Waals surface area contributed by atoms with Gasteiger partial charge in [-0.05, 0) is 38.5 Å². The Morgan fingerprint density at radius 2 is 1.90 bits per heavy atom. The highest BCUT2D eigenvalue weighted by Gasteiger charge is 2.25. The largest absolute Gasteiger partial charge is 0.389 e. The van der Waals surface area contributed by atoms with E-state index in [1.807, 2.05) is 35.9 Å². The van der Waals surface area contributed by atoms with Crippen LogP contribution in [0.5, 0.6) is 0 Å². The molecule has 0 amide bonds. The van der Waals surface area contributed by atoms with E-state index < -0.39 is 5.60 Å². The van der Waals surface area contributed by atoms with E-state index in [1.54, 1.807) is 6.33 Å². The van der Waals surface area contributed by atoms with Crippen LogP contribution in [0.15, 0.2) is 35.1 Å². The summed E-state index contributed by atoms with van der Waals surface area (Å²) in [5.41, 5.74) is 0.266. The molecule has 1 aromatic heterocycles. The van der Waals surface area contributed by atoms with Gasteiger partial charge in [-0.3, -0.25) is 0 Å². The fourth-order valence-corrected chi connectivity index (χ4v) is 2.54. The van der Waals surface area contributed by atoms with Crippen LogP contribution >= 0.6 is 15.9 Å². The zero-order chi connectivity index (χ0) is 14.8. The minimum Gasteiger partial charge on any atom is -0.389 e. The third-order valence-electron chi connectivity index (χ3n) is 3.17. The Balaban J connectivity index is 2.10. The van der Waals surface area contributed by atoms with Crippen LogP contribution in [0.2, 0.25) is 0 Å². The van der Waals surface area contributed by atoms with Crippen LogP contribution in [-0.4, -0.2) is 25.5 Å². The second-order valence-electron chi connectivity index (χ2n) is 5.69. The van der Waals surface area contributed by atoms with Crippen molar-refractivity contribution in [3.05, 3.63) is 46.5 Å². The molecule has 0 saturated carbocycles. The summed E-state index contributed by atoms with van der Waals surface area (Å²) in [7, 11) is 0. The zero-order valence-electron chi connectivity index (χ0n) is 12.0. The summed E-state index contributed by atoms with van der Waals surface area (Å²) in [5, 5.41) is 14.8. The average Bonchev–Trinajstić information content (AvgIpc) is 2.79. The van der Waals surface area contributed by atoms with Gasteiger partial charge in [-0.15, -0.1) is 0 Å². The summed E-state index contributed by atoms with van der Waals surface area (Å²) >= 11 is 3.42. The summed E-state index contributed by atoms with van der Waals surface area (Å²) < 4.78 is 2.90. The highest BCUT2D eigenvalue weighted by molar-refractivity contribution is 9.10. The van der Waals surface area contributed by atoms with Gasteiger partial charge in [0.25, 0.3) is 0 Å². The predicted octanol–water partition coefficient (Wildman–Crippen LogP) is 3.16. The first-order valence-corrected chi connectivity index (χ1v) is 7.52. The third-order valence-corrected chi connectivity index (χ3v) is 3.70. The fourth-order valence-electron chi connectivity index (χ4n) is 2.28. The van der Waals surface area contributed by atoms with Crippen molar-refractivity contribution in [2.24, 2.45) is 0 Å². The van der Waals surface area contributed by atoms with Crippen LogP contribution in [0.3, 0.4) is 0 Å². The molecule has 2 aromatic rings. The molecule has 0 bridgehead atoms. The van der Waals surface area contributed by atoms with E-state index in [4.69, 9.17) is 0 Å². The van der Waals surface area contributed by atoms with Crippen molar-refractivity contribution in [1.82, 2.24) is 14.8 Å². The van der Waals surface area contributed by atoms with Gasteiger partial charge >= 0.3 is 0 Å². The molecule has 20 heavy (non-hydrogen) atoms. The van der Waals surface area contributed by atoms with E-state index in [1.165, 1.54) is 0 Å². The van der Waals surface area contributed by atoms with E-state index in [0.717, 1.165) is 15.9 Å². The van der Waals surface area contributed by atoms with Gasteiger partial charge in [-0.2, -0.15) is 5.10 Å². The van der Waals surface area contributed by atoms with Crippen LogP contribution in [0.4, 0.5) is 0 Å². The number of aromatic nitrogens is 3. The predicted molar refractivity (Wildman–Crippen MR) is 82.6 cm³/mol. The lowest BCUT2D eigenvalue weighted by atomic mass is 9.93. The molecule has 108 valence electrons. The molecule has 0 aliphatic rings. The van der Waals surface area contributed by atoms with Crippen molar-refractivity contribution >= 4 is 15.9 Å². The number of benzene rings is 1. The maximum absolute atomic E-state index is 10.6. The first-order chi connectivity index (χ1) is 9.37. The molecule has 1 aromatic carbocycles. The molecule has 0 spiro atoms. The lowest BCUT2D eigenvalue weighted by Crippen LogP contribution is -2.32. The van der Waals surface area contributed by atoms with Crippen molar-refractivity contribution in [3.8, 4) is 0 Å². The third kappa shape index (κ3) is 3.90. The first-order valence-electron chi connectivity index (χ1n) is 6.72. The number of hydrogen-bond acceptors (Lipinski definition) is 3. The highest BCUT2D eigenvalue weighted by Crippen LogP contribution is 2.20. The van der Waals surface area contributed by atoms with E-state index in [0.29, 0.717) is 12.8 Å². The van der Waals surface area contributed by atoms with Gasteiger partial charge in [-0.25, -0.2) is 9.67 Å². The molecule has 0 saturated heterocycles. The average molecular weight is 338 g/mol. The molecule has 0 fully saturated rings. The second-order valence-corrected chi connectivity index (χ2v) is 6.61. The van der Waals surface area contributed by atoms with Gasteiger partial charge in [-0.1, -0.05) is 28.1 Å². The summed E-state index contributed by atoms with van der Waals surface area (Å²) in [4.78, 5) is 4.26. The number of hydrogen-bond donors (Lipinski definition) is 1. The molecule has 4 nitrogen and oxygen atoms in total. The monoisotopic (exact) mass is 337 g/mol. The van der Waals surface area contributed by atoms with Crippen LogP contribution in [0.1, 0.15) is 38.2 Å². The van der Waals surface area contributed by atoms with Crippen molar-refractivity contribution in [3.63, 3.8) is 0 Å². The number of rotatable bonds is 5. The molecule has 2 rings (SSSR count). The smallest absolute Gasteiger partial charge is 0.138 e. The van der Waals surface area contributed by atoms with Gasteiger partial charge in [0.1, 0.15) is 12.2 Å². The van der Waals surface area contributed by atoms with Crippen LogP contribution in [0, 0.1) is 0 Å². The Morgan fingerprint density at radius 1 is 1.25 bits per heavy atom. The summed E-state index contributed by atoms with van der Waals surface area (Å²) in [6.07, 6.45) is 2.62. The zero-order valence-corrected chi connectivity index (χ0v) is 13.6. The van der Waals surface area contributed by atoms with E-state index >= 15 is 0 Å². The number of aliphatic hydroxyl groups is 1. The standard InChI is InChI=1S/C15H20BrN3O/c1-11(2)19-14(17-10-18-19)9-15(3,20)8-12-4-6-13(16)7-5-12/h4-7,10-11,20H,8-9H2,1-3H3. The normalized spacial score (nSPS) is 14.5. The van der Waals surface area contributed by atoms with Crippen molar-refractivity contribution in [2.45, 2.75) is 45.3 Å². The summed E-state index contributed by atoms with van der Waals surface area (Å²) in [6, 6.07) is 8.26. The Morgan fingerprint density at radius 3 is 2.50 bits per heavy atom. The van der Waals surface area contributed by atoms with Crippen molar-refractivity contribution < 1.29 is 5.11 Å². The SMILES string of the molecule is CC(C)n1ncnc1CC(C)(O)Cc1ccc(Br)cc1. The van der Waals surface area contributed by atoms with Gasteiger partial charge in [0.2, 0.25) is 0 Å².